The highest BCUT2D eigenvalue weighted by Gasteiger charge is 2.04. The van der Waals surface area contributed by atoms with E-state index in [1.165, 1.54) is 0 Å². The van der Waals surface area contributed by atoms with Crippen LogP contribution in [-0.4, -0.2) is 7.11 Å². The second kappa shape index (κ2) is 4.50. The Hall–Kier alpha value is -2.27. The fourth-order valence-corrected chi connectivity index (χ4v) is 1.59. The van der Waals surface area contributed by atoms with Crippen LogP contribution in [0.15, 0.2) is 48.5 Å². The van der Waals surface area contributed by atoms with E-state index in [0.29, 0.717) is 11.3 Å². The normalized spacial score (nSPS) is 9.50. The Labute approximate surface area is 94.7 Å². The van der Waals surface area contributed by atoms with E-state index in [1.54, 1.807) is 13.2 Å². The van der Waals surface area contributed by atoms with Crippen LogP contribution in [0.2, 0.25) is 0 Å². The summed E-state index contributed by atoms with van der Waals surface area (Å²) in [6, 6.07) is 17.7. The molecule has 0 heterocycles. The lowest BCUT2D eigenvalue weighted by molar-refractivity contribution is 0.413. The molecule has 0 aliphatic carbocycles. The lowest BCUT2D eigenvalue weighted by Crippen LogP contribution is -1.88. The van der Waals surface area contributed by atoms with E-state index in [0.717, 1.165) is 11.1 Å². The molecule has 0 aliphatic rings. The summed E-state index contributed by atoms with van der Waals surface area (Å²) in [7, 11) is 1.57. The molecule has 2 aromatic rings. The maximum Gasteiger partial charge on any atom is 0.137 e. The van der Waals surface area contributed by atoms with Crippen LogP contribution in [0.25, 0.3) is 11.1 Å². The number of methoxy groups -OCH3 is 1. The third-order valence-electron chi connectivity index (χ3n) is 2.43. The molecule has 0 unspecified atom stereocenters. The lowest BCUT2D eigenvalue weighted by Gasteiger charge is -2.06. The van der Waals surface area contributed by atoms with Gasteiger partial charge in [-0.15, -0.1) is 0 Å². The van der Waals surface area contributed by atoms with Crippen LogP contribution in [0.5, 0.6) is 5.75 Å². The van der Waals surface area contributed by atoms with Gasteiger partial charge in [0.2, 0.25) is 0 Å². The van der Waals surface area contributed by atoms with Gasteiger partial charge in [0, 0.05) is 0 Å². The van der Waals surface area contributed by atoms with Crippen LogP contribution in [0.3, 0.4) is 0 Å². The van der Waals surface area contributed by atoms with Crippen LogP contribution >= 0.6 is 0 Å². The number of ether oxygens (including phenoxy) is 1. The van der Waals surface area contributed by atoms with Gasteiger partial charge in [-0.05, 0) is 23.3 Å². The second-order valence-corrected chi connectivity index (χ2v) is 3.39. The van der Waals surface area contributed by atoms with Crippen molar-refractivity contribution < 1.29 is 4.74 Å². The zero-order valence-corrected chi connectivity index (χ0v) is 8.97. The van der Waals surface area contributed by atoms with Crippen molar-refractivity contribution in [2.24, 2.45) is 0 Å². The van der Waals surface area contributed by atoms with E-state index in [4.69, 9.17) is 10.00 Å². The summed E-state index contributed by atoms with van der Waals surface area (Å²) < 4.78 is 5.18. The zero-order valence-electron chi connectivity index (χ0n) is 8.97. The summed E-state index contributed by atoms with van der Waals surface area (Å²) in [4.78, 5) is 0. The molecule has 0 atom stereocenters. The monoisotopic (exact) mass is 209 g/mol. The quantitative estimate of drug-likeness (QED) is 0.760. The number of hydrogen-bond donors (Lipinski definition) is 0. The Bertz CT molecular complexity index is 526. The Balaban J connectivity index is 2.49. The number of nitrogens with zero attached hydrogens (tertiary/aromatic N) is 1. The SMILES string of the molecule is COc1cc(-c2ccccc2)ccc1C#N. The summed E-state index contributed by atoms with van der Waals surface area (Å²) in [6.07, 6.45) is 0. The molecule has 0 aliphatic heterocycles. The van der Waals surface area contributed by atoms with Gasteiger partial charge < -0.3 is 4.74 Å². The van der Waals surface area contributed by atoms with E-state index in [9.17, 15) is 0 Å². The van der Waals surface area contributed by atoms with Crippen LogP contribution in [0, 0.1) is 11.3 Å². The van der Waals surface area contributed by atoms with E-state index in [2.05, 4.69) is 6.07 Å². The topological polar surface area (TPSA) is 33.0 Å². The average Bonchev–Trinajstić information content (AvgIpc) is 2.39. The molecular formula is C14H11NO. The molecule has 0 bridgehead atoms. The molecule has 2 heteroatoms. The molecule has 0 radical (unpaired) electrons. The molecule has 0 N–H and O–H groups in total. The van der Waals surface area contributed by atoms with E-state index in [1.807, 2.05) is 42.5 Å². The maximum atomic E-state index is 8.88. The highest BCUT2D eigenvalue weighted by atomic mass is 16.5. The minimum absolute atomic E-state index is 0.558. The first kappa shape index (κ1) is 10.3. The molecule has 0 aromatic heterocycles. The van der Waals surface area contributed by atoms with Gasteiger partial charge in [-0.1, -0.05) is 36.4 Å². The number of hydrogen-bond acceptors (Lipinski definition) is 2. The minimum Gasteiger partial charge on any atom is -0.495 e. The van der Waals surface area contributed by atoms with Gasteiger partial charge >= 0.3 is 0 Å². The zero-order chi connectivity index (χ0) is 11.4. The van der Waals surface area contributed by atoms with Gasteiger partial charge in [0.05, 0.1) is 12.7 Å². The Morgan fingerprint density at radius 1 is 1.00 bits per heavy atom. The molecule has 78 valence electrons. The predicted molar refractivity (Wildman–Crippen MR) is 63.1 cm³/mol. The van der Waals surface area contributed by atoms with Crippen molar-refractivity contribution in [3.05, 3.63) is 54.1 Å². The molecule has 0 saturated heterocycles. The minimum atomic E-state index is 0.558. The van der Waals surface area contributed by atoms with Crippen molar-refractivity contribution in [3.63, 3.8) is 0 Å². The van der Waals surface area contributed by atoms with Crippen molar-refractivity contribution >= 4 is 0 Å². The first-order valence-corrected chi connectivity index (χ1v) is 4.98. The van der Waals surface area contributed by atoms with Gasteiger partial charge in [-0.2, -0.15) is 5.26 Å². The molecule has 2 nitrogen and oxygen atoms in total. The standard InChI is InChI=1S/C14H11NO/c1-16-14-9-12(7-8-13(14)10-15)11-5-3-2-4-6-11/h2-9H,1H3. The molecule has 0 spiro atoms. The van der Waals surface area contributed by atoms with Gasteiger partial charge in [0.25, 0.3) is 0 Å². The van der Waals surface area contributed by atoms with Crippen LogP contribution in [0.4, 0.5) is 0 Å². The Morgan fingerprint density at radius 3 is 2.38 bits per heavy atom. The van der Waals surface area contributed by atoms with Crippen molar-refractivity contribution in [2.75, 3.05) is 7.11 Å². The summed E-state index contributed by atoms with van der Waals surface area (Å²) in [5, 5.41) is 8.88. The third-order valence-corrected chi connectivity index (χ3v) is 2.43. The Morgan fingerprint density at radius 2 is 1.75 bits per heavy atom. The molecule has 0 saturated carbocycles. The molecule has 2 aromatic carbocycles. The fraction of sp³-hybridized carbons (Fsp3) is 0.0714. The smallest absolute Gasteiger partial charge is 0.137 e. The van der Waals surface area contributed by atoms with Gasteiger partial charge in [-0.3, -0.25) is 0 Å². The lowest BCUT2D eigenvalue weighted by atomic mass is 10.0. The highest BCUT2D eigenvalue weighted by molar-refractivity contribution is 5.67. The van der Waals surface area contributed by atoms with Gasteiger partial charge in [0.1, 0.15) is 11.8 Å². The number of rotatable bonds is 2. The van der Waals surface area contributed by atoms with Crippen molar-refractivity contribution in [1.29, 1.82) is 5.26 Å². The predicted octanol–water partition coefficient (Wildman–Crippen LogP) is 3.23. The van der Waals surface area contributed by atoms with E-state index >= 15 is 0 Å². The van der Waals surface area contributed by atoms with Gasteiger partial charge in [0.15, 0.2) is 0 Å². The van der Waals surface area contributed by atoms with Crippen LogP contribution in [-0.2, 0) is 0 Å². The van der Waals surface area contributed by atoms with Crippen molar-refractivity contribution in [1.82, 2.24) is 0 Å². The van der Waals surface area contributed by atoms with E-state index in [-0.39, 0.29) is 0 Å². The largest absolute Gasteiger partial charge is 0.495 e. The molecule has 16 heavy (non-hydrogen) atoms. The molecule has 2 rings (SSSR count). The molecular weight excluding hydrogens is 198 g/mol. The number of benzene rings is 2. The summed E-state index contributed by atoms with van der Waals surface area (Å²) in [5.74, 6) is 0.615. The van der Waals surface area contributed by atoms with Crippen molar-refractivity contribution in [2.45, 2.75) is 0 Å². The van der Waals surface area contributed by atoms with Crippen LogP contribution < -0.4 is 4.74 Å². The first-order chi connectivity index (χ1) is 7.85. The second-order valence-electron chi connectivity index (χ2n) is 3.39. The maximum absolute atomic E-state index is 8.88. The Kier molecular flexibility index (Phi) is 2.88. The molecule has 0 fully saturated rings. The summed E-state index contributed by atoms with van der Waals surface area (Å²) >= 11 is 0. The number of nitriles is 1. The summed E-state index contributed by atoms with van der Waals surface area (Å²) in [6.45, 7) is 0. The third kappa shape index (κ3) is 1.89. The van der Waals surface area contributed by atoms with Crippen molar-refractivity contribution in [3.8, 4) is 22.9 Å². The fourth-order valence-electron chi connectivity index (χ4n) is 1.59. The van der Waals surface area contributed by atoms with E-state index < -0.39 is 0 Å². The van der Waals surface area contributed by atoms with Crippen LogP contribution in [0.1, 0.15) is 5.56 Å². The highest BCUT2D eigenvalue weighted by Crippen LogP contribution is 2.26. The summed E-state index contributed by atoms with van der Waals surface area (Å²) in [5.41, 5.74) is 2.73. The van der Waals surface area contributed by atoms with Gasteiger partial charge in [-0.25, -0.2) is 0 Å². The first-order valence-electron chi connectivity index (χ1n) is 4.98. The molecule has 0 amide bonds. The average molecular weight is 209 g/mol.